The minimum absolute atomic E-state index is 0.0254. The lowest BCUT2D eigenvalue weighted by atomic mass is 9.83. The summed E-state index contributed by atoms with van der Waals surface area (Å²) >= 11 is 0. The summed E-state index contributed by atoms with van der Waals surface area (Å²) in [4.78, 5) is 31.8. The third-order valence-corrected chi connectivity index (χ3v) is 5.91. The molecule has 6 nitrogen and oxygen atoms in total. The van der Waals surface area contributed by atoms with Crippen LogP contribution in [0.3, 0.4) is 0 Å². The summed E-state index contributed by atoms with van der Waals surface area (Å²) in [5.74, 6) is 1.45. The van der Waals surface area contributed by atoms with Gasteiger partial charge in [-0.1, -0.05) is 19.9 Å². The van der Waals surface area contributed by atoms with Crippen LogP contribution in [0.15, 0.2) is 45.6 Å². The maximum Gasteiger partial charge on any atom is 0.253 e. The lowest BCUT2D eigenvalue weighted by Crippen LogP contribution is -2.49. The minimum Gasteiger partial charge on any atom is -0.440 e. The average Bonchev–Trinajstić information content (AvgIpc) is 3.12. The highest BCUT2D eigenvalue weighted by molar-refractivity contribution is 5.97. The summed E-state index contributed by atoms with van der Waals surface area (Å²) in [7, 11) is 0. The summed E-state index contributed by atoms with van der Waals surface area (Å²) in [6, 6.07) is 10.9. The van der Waals surface area contributed by atoms with E-state index in [0.717, 1.165) is 17.6 Å². The second-order valence-corrected chi connectivity index (χ2v) is 8.30. The van der Waals surface area contributed by atoms with Gasteiger partial charge in [0.2, 0.25) is 0 Å². The Hall–Kier alpha value is -2.89. The monoisotopic (exact) mass is 377 g/mol. The SMILES string of the molecule is CC(C)c1nc2cc(C(=O)N3CC4CC(C3)c3cccc(=O)n3C4)ccc2o1. The van der Waals surface area contributed by atoms with Crippen molar-refractivity contribution in [2.24, 2.45) is 5.92 Å². The molecule has 1 saturated heterocycles. The molecule has 0 radical (unpaired) electrons. The van der Waals surface area contributed by atoms with Gasteiger partial charge in [-0.05, 0) is 36.6 Å². The molecule has 0 spiro atoms. The number of benzene rings is 1. The number of hydrogen-bond acceptors (Lipinski definition) is 4. The quantitative estimate of drug-likeness (QED) is 0.687. The zero-order valence-electron chi connectivity index (χ0n) is 16.1. The molecule has 6 heteroatoms. The second-order valence-electron chi connectivity index (χ2n) is 8.30. The van der Waals surface area contributed by atoms with Gasteiger partial charge in [0, 0.05) is 48.8 Å². The molecule has 5 rings (SSSR count). The van der Waals surface area contributed by atoms with E-state index in [4.69, 9.17) is 4.42 Å². The van der Waals surface area contributed by atoms with Gasteiger partial charge < -0.3 is 13.9 Å². The van der Waals surface area contributed by atoms with Crippen molar-refractivity contribution in [2.75, 3.05) is 13.1 Å². The Morgan fingerprint density at radius 1 is 1.18 bits per heavy atom. The van der Waals surface area contributed by atoms with Crippen LogP contribution in [-0.4, -0.2) is 33.4 Å². The van der Waals surface area contributed by atoms with Crippen molar-refractivity contribution in [3.63, 3.8) is 0 Å². The average molecular weight is 377 g/mol. The van der Waals surface area contributed by atoms with E-state index in [1.54, 1.807) is 6.07 Å². The van der Waals surface area contributed by atoms with E-state index < -0.39 is 0 Å². The van der Waals surface area contributed by atoms with E-state index in [-0.39, 0.29) is 23.3 Å². The van der Waals surface area contributed by atoms with Crippen molar-refractivity contribution in [1.82, 2.24) is 14.5 Å². The highest BCUT2D eigenvalue weighted by atomic mass is 16.3. The molecule has 144 valence electrons. The highest BCUT2D eigenvalue weighted by Crippen LogP contribution is 2.35. The van der Waals surface area contributed by atoms with Crippen molar-refractivity contribution < 1.29 is 9.21 Å². The number of amides is 1. The van der Waals surface area contributed by atoms with Crippen LogP contribution in [0.2, 0.25) is 0 Å². The topological polar surface area (TPSA) is 68.3 Å². The second kappa shape index (κ2) is 6.33. The van der Waals surface area contributed by atoms with Gasteiger partial charge in [0.15, 0.2) is 11.5 Å². The van der Waals surface area contributed by atoms with E-state index in [1.807, 2.05) is 53.6 Å². The maximum absolute atomic E-state index is 13.2. The van der Waals surface area contributed by atoms with Crippen molar-refractivity contribution in [1.29, 1.82) is 0 Å². The zero-order valence-corrected chi connectivity index (χ0v) is 16.1. The van der Waals surface area contributed by atoms with E-state index >= 15 is 0 Å². The standard InChI is InChI=1S/C22H23N3O3/c1-13(2)21-23-17-9-15(6-7-19(17)28-21)22(27)24-10-14-8-16(12-24)18-4-3-5-20(26)25(18)11-14/h3-7,9,13-14,16H,8,10-12H2,1-2H3. The molecule has 2 aliphatic rings. The van der Waals surface area contributed by atoms with Gasteiger partial charge >= 0.3 is 0 Å². The molecule has 2 aliphatic heterocycles. The van der Waals surface area contributed by atoms with Gasteiger partial charge in [-0.2, -0.15) is 0 Å². The van der Waals surface area contributed by atoms with Gasteiger partial charge in [0.25, 0.3) is 11.5 Å². The third kappa shape index (κ3) is 2.75. The Balaban J connectivity index is 1.43. The molecule has 3 aromatic rings. The van der Waals surface area contributed by atoms with Gasteiger partial charge in [0.05, 0.1) is 0 Å². The number of oxazole rings is 1. The predicted molar refractivity (Wildman–Crippen MR) is 106 cm³/mol. The molecule has 4 heterocycles. The molecular formula is C22H23N3O3. The number of pyridine rings is 1. The largest absolute Gasteiger partial charge is 0.440 e. The molecule has 0 N–H and O–H groups in total. The molecule has 2 aromatic heterocycles. The third-order valence-electron chi connectivity index (χ3n) is 5.91. The molecule has 2 bridgehead atoms. The molecule has 28 heavy (non-hydrogen) atoms. The van der Waals surface area contributed by atoms with Crippen molar-refractivity contribution in [2.45, 2.75) is 38.6 Å². The van der Waals surface area contributed by atoms with Crippen LogP contribution >= 0.6 is 0 Å². The molecule has 0 saturated carbocycles. The summed E-state index contributed by atoms with van der Waals surface area (Å²) < 4.78 is 7.64. The number of fused-ring (bicyclic) bond motifs is 5. The van der Waals surface area contributed by atoms with E-state index in [1.165, 1.54) is 0 Å². The van der Waals surface area contributed by atoms with Gasteiger partial charge in [-0.15, -0.1) is 0 Å². The van der Waals surface area contributed by atoms with E-state index in [2.05, 4.69) is 4.98 Å². The maximum atomic E-state index is 13.2. The zero-order chi connectivity index (χ0) is 19.4. The van der Waals surface area contributed by atoms with Crippen molar-refractivity contribution in [3.8, 4) is 0 Å². The molecule has 1 aromatic carbocycles. The smallest absolute Gasteiger partial charge is 0.253 e. The first-order valence-electron chi connectivity index (χ1n) is 9.89. The Kier molecular flexibility index (Phi) is 3.89. The molecule has 2 unspecified atom stereocenters. The van der Waals surface area contributed by atoms with Crippen LogP contribution in [0.1, 0.15) is 54.0 Å². The first kappa shape index (κ1) is 17.2. The van der Waals surface area contributed by atoms with E-state index in [0.29, 0.717) is 42.6 Å². The first-order chi connectivity index (χ1) is 13.5. The molecule has 0 aliphatic carbocycles. The molecule has 1 fully saturated rings. The number of carbonyl (C=O) groups is 1. The summed E-state index contributed by atoms with van der Waals surface area (Å²) in [6.45, 7) is 6.09. The lowest BCUT2D eigenvalue weighted by Gasteiger charge is -2.42. The van der Waals surface area contributed by atoms with Gasteiger partial charge in [-0.25, -0.2) is 4.98 Å². The van der Waals surface area contributed by atoms with Gasteiger partial charge in [-0.3, -0.25) is 9.59 Å². The fourth-order valence-corrected chi connectivity index (χ4v) is 4.57. The number of aromatic nitrogens is 2. The van der Waals surface area contributed by atoms with Crippen LogP contribution in [-0.2, 0) is 6.54 Å². The normalized spacial score (nSPS) is 21.2. The van der Waals surface area contributed by atoms with Crippen molar-refractivity contribution >= 4 is 17.0 Å². The number of nitrogens with zero attached hydrogens (tertiary/aromatic N) is 3. The highest BCUT2D eigenvalue weighted by Gasteiger charge is 2.36. The van der Waals surface area contributed by atoms with Gasteiger partial charge in [0.1, 0.15) is 5.52 Å². The number of likely N-dealkylation sites (tertiary alicyclic amines) is 1. The molecular weight excluding hydrogens is 354 g/mol. The summed E-state index contributed by atoms with van der Waals surface area (Å²) in [5.41, 5.74) is 3.19. The Bertz CT molecular complexity index is 1130. The van der Waals surface area contributed by atoms with Crippen LogP contribution < -0.4 is 5.56 Å². The molecule has 2 atom stereocenters. The Morgan fingerprint density at radius 2 is 2.04 bits per heavy atom. The lowest BCUT2D eigenvalue weighted by molar-refractivity contribution is 0.0594. The summed E-state index contributed by atoms with van der Waals surface area (Å²) in [5, 5.41) is 0. The summed E-state index contributed by atoms with van der Waals surface area (Å²) in [6.07, 6.45) is 1.04. The number of hydrogen-bond donors (Lipinski definition) is 0. The first-order valence-corrected chi connectivity index (χ1v) is 9.89. The minimum atomic E-state index is 0.0254. The Morgan fingerprint density at radius 3 is 2.86 bits per heavy atom. The van der Waals surface area contributed by atoms with E-state index in [9.17, 15) is 9.59 Å². The van der Waals surface area contributed by atoms with Crippen LogP contribution in [0.4, 0.5) is 0 Å². The Labute approximate surface area is 162 Å². The molecule has 1 amide bonds. The fraction of sp³-hybridized carbons (Fsp3) is 0.409. The fourth-order valence-electron chi connectivity index (χ4n) is 4.57. The van der Waals surface area contributed by atoms with Crippen molar-refractivity contribution in [3.05, 3.63) is 63.9 Å². The van der Waals surface area contributed by atoms with Crippen LogP contribution in [0.5, 0.6) is 0 Å². The number of carbonyl (C=O) groups excluding carboxylic acids is 1. The predicted octanol–water partition coefficient (Wildman–Crippen LogP) is 3.37. The van der Waals surface area contributed by atoms with Crippen LogP contribution in [0.25, 0.3) is 11.1 Å². The van der Waals surface area contributed by atoms with Crippen LogP contribution in [0, 0.1) is 5.92 Å². The number of rotatable bonds is 2. The number of piperidine rings is 1.